The maximum Gasteiger partial charge on any atom is 0.405 e. The lowest BCUT2D eigenvalue weighted by atomic mass is 9.86. The minimum Gasteiger partial charge on any atom is -0.497 e. The van der Waals surface area contributed by atoms with Crippen molar-refractivity contribution in [3.63, 3.8) is 0 Å². The standard InChI is InChI=1S/C43H61N7O8/c1-9-28(2)36(50-23-22-48(41(50)56)26-31-16-13-17-35(44-31)43(6,7)57)38(52)45-33(24-29-14-11-10-12-15-29)34(51)27-49(25-30-18-20-32(58-8)21-19-30)47-39(53)37(42(3,4)5)46-40(54)55/h10-21,28,33-34,36-37,46,51,57H,9,22-27H2,1-8H3,(H,45,52)(H,47,53)(H,54,55)/t28-,33-,34-,36-,37+/m0/s1. The number of carboxylic acid groups (broad SMARTS) is 1. The molecule has 2 heterocycles. The number of hydrazine groups is 1. The molecule has 0 radical (unpaired) electrons. The molecule has 1 fully saturated rings. The minimum absolute atomic E-state index is 0.129. The summed E-state index contributed by atoms with van der Waals surface area (Å²) in [5, 5.41) is 39.0. The van der Waals surface area contributed by atoms with Gasteiger partial charge in [0.05, 0.1) is 37.2 Å². The number of hydrogen-bond donors (Lipinski definition) is 6. The summed E-state index contributed by atoms with van der Waals surface area (Å²) in [6.45, 7) is 13.3. The SMILES string of the molecule is CC[C@H](C)[C@@H](C(=O)N[C@@H](Cc1ccccc1)[C@@H](O)CN(Cc1ccc(OC)cc1)NC(=O)[C@@H](NC(=O)O)C(C)(C)C)N1CCN(Cc2cccc(C(C)(C)O)n2)C1=O. The van der Waals surface area contributed by atoms with Gasteiger partial charge in [-0.3, -0.25) is 20.0 Å². The first-order valence-corrected chi connectivity index (χ1v) is 19.7. The zero-order valence-corrected chi connectivity index (χ0v) is 34.9. The zero-order valence-electron chi connectivity index (χ0n) is 34.9. The molecule has 58 heavy (non-hydrogen) atoms. The van der Waals surface area contributed by atoms with Gasteiger partial charge in [-0.05, 0) is 67.0 Å². The van der Waals surface area contributed by atoms with Gasteiger partial charge in [-0.1, -0.05) is 89.6 Å². The molecule has 15 heteroatoms. The molecule has 1 aromatic heterocycles. The summed E-state index contributed by atoms with van der Waals surface area (Å²) in [5.41, 5.74) is 3.61. The molecule has 3 aromatic rings. The van der Waals surface area contributed by atoms with Crippen LogP contribution in [0.5, 0.6) is 5.75 Å². The van der Waals surface area contributed by atoms with Crippen LogP contribution in [0, 0.1) is 11.3 Å². The average molecular weight is 804 g/mol. The van der Waals surface area contributed by atoms with Gasteiger partial charge in [0.25, 0.3) is 5.91 Å². The first kappa shape index (κ1) is 45.5. The van der Waals surface area contributed by atoms with Gasteiger partial charge in [-0.2, -0.15) is 0 Å². The van der Waals surface area contributed by atoms with Crippen LogP contribution in [0.2, 0.25) is 0 Å². The van der Waals surface area contributed by atoms with Crippen LogP contribution in [0.25, 0.3) is 0 Å². The summed E-state index contributed by atoms with van der Waals surface area (Å²) in [6, 6.07) is 18.7. The van der Waals surface area contributed by atoms with Gasteiger partial charge in [0.1, 0.15) is 23.4 Å². The fraction of sp³-hybridized carbons (Fsp3) is 0.512. The highest BCUT2D eigenvalue weighted by Crippen LogP contribution is 2.25. The molecule has 0 spiro atoms. The Kier molecular flexibility index (Phi) is 15.6. The Morgan fingerprint density at radius 3 is 2.17 bits per heavy atom. The van der Waals surface area contributed by atoms with E-state index in [0.717, 1.165) is 11.1 Å². The molecule has 0 aliphatic carbocycles. The van der Waals surface area contributed by atoms with Crippen molar-refractivity contribution in [1.82, 2.24) is 35.9 Å². The second-order valence-electron chi connectivity index (χ2n) is 16.6. The van der Waals surface area contributed by atoms with Crippen LogP contribution in [-0.4, -0.2) is 110 Å². The summed E-state index contributed by atoms with van der Waals surface area (Å²) in [5.74, 6) is -0.640. The number of pyridine rings is 1. The number of rotatable bonds is 19. The van der Waals surface area contributed by atoms with Crippen LogP contribution in [0.15, 0.2) is 72.8 Å². The van der Waals surface area contributed by atoms with Gasteiger partial charge in [-0.15, -0.1) is 0 Å². The molecule has 5 atom stereocenters. The molecular formula is C43H61N7O8. The lowest BCUT2D eigenvalue weighted by molar-refractivity contribution is -0.132. The molecule has 1 aliphatic heterocycles. The third-order valence-corrected chi connectivity index (χ3v) is 10.4. The third kappa shape index (κ3) is 12.6. The molecule has 15 nitrogen and oxygen atoms in total. The first-order chi connectivity index (χ1) is 27.3. The molecule has 1 aliphatic rings. The van der Waals surface area contributed by atoms with Crippen molar-refractivity contribution in [3.05, 3.63) is 95.3 Å². The van der Waals surface area contributed by atoms with E-state index in [2.05, 4.69) is 21.0 Å². The number of urea groups is 1. The summed E-state index contributed by atoms with van der Waals surface area (Å²) in [7, 11) is 1.56. The van der Waals surface area contributed by atoms with Crippen molar-refractivity contribution in [2.24, 2.45) is 11.3 Å². The number of amides is 5. The number of hydrogen-bond acceptors (Lipinski definition) is 9. The molecule has 0 unspecified atom stereocenters. The third-order valence-electron chi connectivity index (χ3n) is 10.4. The second kappa shape index (κ2) is 19.9. The van der Waals surface area contributed by atoms with Crippen molar-refractivity contribution in [2.45, 2.75) is 104 Å². The fourth-order valence-corrected chi connectivity index (χ4v) is 6.93. The van der Waals surface area contributed by atoms with Crippen LogP contribution in [0.1, 0.15) is 77.4 Å². The molecule has 1 saturated heterocycles. The van der Waals surface area contributed by atoms with Gasteiger partial charge in [-0.25, -0.2) is 14.6 Å². The van der Waals surface area contributed by atoms with Crippen molar-refractivity contribution < 1.29 is 39.2 Å². The number of carbonyl (C=O) groups is 4. The van der Waals surface area contributed by atoms with E-state index in [4.69, 9.17) is 4.74 Å². The topological polar surface area (TPSA) is 197 Å². The number of ether oxygens (including phenoxy) is 1. The van der Waals surface area contributed by atoms with E-state index in [1.54, 1.807) is 81.9 Å². The maximum absolute atomic E-state index is 14.5. The highest BCUT2D eigenvalue weighted by molar-refractivity contribution is 5.88. The van der Waals surface area contributed by atoms with E-state index in [9.17, 15) is 34.5 Å². The normalized spacial score (nSPS) is 16.0. The van der Waals surface area contributed by atoms with Gasteiger partial charge in [0.2, 0.25) is 5.91 Å². The van der Waals surface area contributed by atoms with Crippen LogP contribution < -0.4 is 20.8 Å². The number of aromatic nitrogens is 1. The van der Waals surface area contributed by atoms with E-state index >= 15 is 0 Å². The molecule has 2 aromatic carbocycles. The first-order valence-electron chi connectivity index (χ1n) is 19.7. The number of methoxy groups -OCH3 is 1. The quantitative estimate of drug-likeness (QED) is 0.0953. The Morgan fingerprint density at radius 2 is 1.59 bits per heavy atom. The summed E-state index contributed by atoms with van der Waals surface area (Å²) >= 11 is 0. The molecule has 0 saturated carbocycles. The predicted octanol–water partition coefficient (Wildman–Crippen LogP) is 4.27. The van der Waals surface area contributed by atoms with Crippen molar-refractivity contribution >= 4 is 23.9 Å². The largest absolute Gasteiger partial charge is 0.497 e. The van der Waals surface area contributed by atoms with Crippen molar-refractivity contribution in [3.8, 4) is 5.75 Å². The number of nitrogens with one attached hydrogen (secondary N) is 3. The Balaban J connectivity index is 1.61. The van der Waals surface area contributed by atoms with Crippen molar-refractivity contribution in [2.75, 3.05) is 26.7 Å². The number of nitrogens with zero attached hydrogens (tertiary/aromatic N) is 4. The molecule has 6 N–H and O–H groups in total. The molecular weight excluding hydrogens is 743 g/mol. The van der Waals surface area contributed by atoms with Gasteiger partial charge < -0.3 is 40.5 Å². The van der Waals surface area contributed by atoms with E-state index in [1.807, 2.05) is 56.3 Å². The lowest BCUT2D eigenvalue weighted by Crippen LogP contribution is -2.60. The molecule has 5 amide bonds. The Labute approximate surface area is 341 Å². The number of aliphatic hydroxyl groups excluding tert-OH is 1. The number of aliphatic hydroxyl groups is 2. The summed E-state index contributed by atoms with van der Waals surface area (Å²) in [6.07, 6.45) is -1.76. The molecule has 0 bridgehead atoms. The van der Waals surface area contributed by atoms with Crippen LogP contribution in [0.4, 0.5) is 9.59 Å². The fourth-order valence-electron chi connectivity index (χ4n) is 6.93. The number of carbonyl (C=O) groups excluding carboxylic acids is 3. The summed E-state index contributed by atoms with van der Waals surface area (Å²) in [4.78, 5) is 61.7. The van der Waals surface area contributed by atoms with Gasteiger partial charge >= 0.3 is 12.1 Å². The lowest BCUT2D eigenvalue weighted by Gasteiger charge is -2.36. The van der Waals surface area contributed by atoms with Crippen LogP contribution >= 0.6 is 0 Å². The van der Waals surface area contributed by atoms with E-state index in [0.29, 0.717) is 36.6 Å². The highest BCUT2D eigenvalue weighted by atomic mass is 16.5. The Morgan fingerprint density at radius 1 is 0.914 bits per heavy atom. The molecule has 316 valence electrons. The van der Waals surface area contributed by atoms with Crippen LogP contribution in [0.3, 0.4) is 0 Å². The Bertz CT molecular complexity index is 1830. The minimum atomic E-state index is -1.35. The van der Waals surface area contributed by atoms with E-state index in [1.165, 1.54) is 5.01 Å². The monoisotopic (exact) mass is 803 g/mol. The number of benzene rings is 2. The predicted molar refractivity (Wildman–Crippen MR) is 219 cm³/mol. The smallest absolute Gasteiger partial charge is 0.405 e. The average Bonchev–Trinajstić information content (AvgIpc) is 3.51. The highest BCUT2D eigenvalue weighted by Gasteiger charge is 2.41. The van der Waals surface area contributed by atoms with Gasteiger partial charge in [0, 0.05) is 26.2 Å². The maximum atomic E-state index is 14.5. The van der Waals surface area contributed by atoms with Crippen molar-refractivity contribution in [1.29, 1.82) is 0 Å². The second-order valence-corrected chi connectivity index (χ2v) is 16.6. The van der Waals surface area contributed by atoms with E-state index < -0.39 is 53.2 Å². The van der Waals surface area contributed by atoms with Gasteiger partial charge in [0.15, 0.2) is 0 Å². The van der Waals surface area contributed by atoms with Crippen LogP contribution in [-0.2, 0) is 34.7 Å². The summed E-state index contributed by atoms with van der Waals surface area (Å²) < 4.78 is 5.30. The Hall–Kier alpha value is -5.25. The molecule has 4 rings (SSSR count). The zero-order chi connectivity index (χ0) is 42.8. The van der Waals surface area contributed by atoms with E-state index in [-0.39, 0.29) is 38.0 Å².